The number of anilines is 1. The highest BCUT2D eigenvalue weighted by molar-refractivity contribution is 7.12. The van der Waals surface area contributed by atoms with Crippen LogP contribution in [-0.4, -0.2) is 56.8 Å². The number of carbonyl (C=O) groups is 1. The van der Waals surface area contributed by atoms with Crippen LogP contribution in [0.4, 0.5) is 5.69 Å². The van der Waals surface area contributed by atoms with Crippen molar-refractivity contribution < 1.29 is 14.3 Å². The fourth-order valence-corrected chi connectivity index (χ4v) is 6.36. The number of thiazole rings is 1. The Labute approximate surface area is 231 Å². The van der Waals surface area contributed by atoms with Crippen molar-refractivity contribution in [3.8, 4) is 11.6 Å². The van der Waals surface area contributed by atoms with Gasteiger partial charge in [0.15, 0.2) is 16.6 Å². The normalized spacial score (nSPS) is 19.6. The van der Waals surface area contributed by atoms with Gasteiger partial charge >= 0.3 is 5.69 Å². The number of imidazole rings is 1. The molecule has 6 rings (SSSR count). The number of nitrogens with zero attached hydrogens (tertiary/aromatic N) is 5. The van der Waals surface area contributed by atoms with Crippen LogP contribution in [0.25, 0.3) is 16.9 Å². The summed E-state index contributed by atoms with van der Waals surface area (Å²) in [6, 6.07) is 7.61. The molecule has 2 aliphatic heterocycles. The van der Waals surface area contributed by atoms with E-state index in [1.165, 1.54) is 17.8 Å². The molecule has 4 aromatic rings. The quantitative estimate of drug-likeness (QED) is 0.299. The molecule has 1 atom stereocenters. The Hall–Kier alpha value is -3.50. The first-order chi connectivity index (χ1) is 18.9. The van der Waals surface area contributed by atoms with Gasteiger partial charge in [-0.1, -0.05) is 6.07 Å². The molecule has 10 heteroatoms. The molecule has 0 saturated carbocycles. The number of benzene rings is 1. The Bertz CT molecular complexity index is 1560. The topological polar surface area (TPSA) is 91.5 Å². The van der Waals surface area contributed by atoms with Crippen molar-refractivity contribution in [3.63, 3.8) is 0 Å². The smallest absolute Gasteiger partial charge is 0.334 e. The van der Waals surface area contributed by atoms with Crippen LogP contribution in [0.2, 0.25) is 0 Å². The average Bonchev–Trinajstić information content (AvgIpc) is 3.68. The third-order valence-corrected chi connectivity index (χ3v) is 8.62. The minimum atomic E-state index is -0.324. The summed E-state index contributed by atoms with van der Waals surface area (Å²) in [5, 5.41) is 2.14. The monoisotopic (exact) mass is 547 g/mol. The lowest BCUT2D eigenvalue weighted by Gasteiger charge is -2.30. The number of hydrogen-bond donors (Lipinski definition) is 0. The molecule has 9 nitrogen and oxygen atoms in total. The average molecular weight is 548 g/mol. The van der Waals surface area contributed by atoms with Gasteiger partial charge in [0.2, 0.25) is 0 Å². The first-order valence-corrected chi connectivity index (χ1v) is 14.5. The van der Waals surface area contributed by atoms with E-state index in [2.05, 4.69) is 21.8 Å². The Morgan fingerprint density at radius 3 is 2.82 bits per heavy atom. The van der Waals surface area contributed by atoms with Gasteiger partial charge in [-0.25, -0.2) is 14.3 Å². The number of fused-ring (bicyclic) bond motifs is 1. The van der Waals surface area contributed by atoms with Crippen LogP contribution in [0.1, 0.15) is 54.4 Å². The lowest BCUT2D eigenvalue weighted by molar-refractivity contribution is -0.0155. The Morgan fingerprint density at radius 2 is 2.03 bits per heavy atom. The molecule has 0 radical (unpaired) electrons. The highest BCUT2D eigenvalue weighted by Gasteiger charge is 2.31. The maximum absolute atomic E-state index is 13.4. The second-order valence-corrected chi connectivity index (χ2v) is 11.5. The van der Waals surface area contributed by atoms with E-state index in [0.717, 1.165) is 56.6 Å². The lowest BCUT2D eigenvalue weighted by atomic mass is 10.0. The van der Waals surface area contributed by atoms with Crippen LogP contribution in [-0.2, 0) is 18.2 Å². The van der Waals surface area contributed by atoms with E-state index in [1.807, 2.05) is 24.3 Å². The molecule has 0 N–H and O–H groups in total. The number of carbonyl (C=O) groups excluding carboxylic acids is 1. The zero-order valence-electron chi connectivity index (χ0n) is 22.4. The zero-order chi connectivity index (χ0) is 27.0. The summed E-state index contributed by atoms with van der Waals surface area (Å²) in [5.74, 6) is 0.972. The molecule has 39 heavy (non-hydrogen) atoms. The van der Waals surface area contributed by atoms with Gasteiger partial charge < -0.3 is 14.4 Å². The number of para-hydroxylation sites is 1. The molecule has 3 aromatic heterocycles. The van der Waals surface area contributed by atoms with Gasteiger partial charge in [0, 0.05) is 62.2 Å². The van der Waals surface area contributed by atoms with E-state index in [4.69, 9.17) is 9.47 Å². The van der Waals surface area contributed by atoms with E-state index in [-0.39, 0.29) is 23.5 Å². The first-order valence-electron chi connectivity index (χ1n) is 13.6. The molecule has 0 amide bonds. The lowest BCUT2D eigenvalue weighted by Crippen LogP contribution is -2.31. The van der Waals surface area contributed by atoms with Gasteiger partial charge in [-0.2, -0.15) is 0 Å². The second kappa shape index (κ2) is 10.6. The third-order valence-electron chi connectivity index (χ3n) is 7.75. The van der Waals surface area contributed by atoms with Crippen molar-refractivity contribution in [2.24, 2.45) is 7.05 Å². The summed E-state index contributed by atoms with van der Waals surface area (Å²) in [6.45, 7) is 5.20. The van der Waals surface area contributed by atoms with Crippen molar-refractivity contribution in [1.29, 1.82) is 0 Å². The van der Waals surface area contributed by atoms with E-state index >= 15 is 0 Å². The van der Waals surface area contributed by atoms with Crippen LogP contribution in [0.3, 0.4) is 0 Å². The van der Waals surface area contributed by atoms with Crippen molar-refractivity contribution >= 4 is 33.8 Å². The molecule has 204 valence electrons. The largest absolute Gasteiger partial charge is 0.488 e. The summed E-state index contributed by atoms with van der Waals surface area (Å²) in [7, 11) is 1.73. The van der Waals surface area contributed by atoms with Gasteiger partial charge in [-0.3, -0.25) is 14.3 Å². The SMILES string of the molecule is Cn1c(=O)n(-c2csc(C(=O)Cc3cnccc3N3CCCCC3)n2)c2cccc(OCC3(C)CCCO3)c21. The third kappa shape index (κ3) is 4.98. The minimum absolute atomic E-state index is 0.0837. The van der Waals surface area contributed by atoms with Gasteiger partial charge in [0.1, 0.15) is 17.9 Å². The fourth-order valence-electron chi connectivity index (χ4n) is 5.64. The first kappa shape index (κ1) is 25.8. The van der Waals surface area contributed by atoms with Crippen LogP contribution in [0.15, 0.2) is 46.8 Å². The molecule has 0 spiro atoms. The number of piperidine rings is 1. The molecule has 0 aliphatic carbocycles. The van der Waals surface area contributed by atoms with Crippen LogP contribution >= 0.6 is 11.3 Å². The molecule has 2 fully saturated rings. The Balaban J connectivity index is 1.27. The second-order valence-electron chi connectivity index (χ2n) is 10.7. The van der Waals surface area contributed by atoms with Crippen molar-refractivity contribution in [2.45, 2.75) is 51.0 Å². The number of ketones is 1. The van der Waals surface area contributed by atoms with Crippen molar-refractivity contribution in [2.75, 3.05) is 31.2 Å². The molecule has 2 saturated heterocycles. The number of aromatic nitrogens is 4. The number of rotatable bonds is 8. The zero-order valence-corrected chi connectivity index (χ0v) is 23.2. The molecular weight excluding hydrogens is 514 g/mol. The molecule has 1 aromatic carbocycles. The summed E-state index contributed by atoms with van der Waals surface area (Å²) in [4.78, 5) is 37.9. The maximum atomic E-state index is 13.4. The summed E-state index contributed by atoms with van der Waals surface area (Å²) in [5.41, 5.74) is 2.78. The van der Waals surface area contributed by atoms with Crippen LogP contribution < -0.4 is 15.3 Å². The van der Waals surface area contributed by atoms with Gasteiger partial charge in [-0.05, 0) is 57.2 Å². The van der Waals surface area contributed by atoms with Gasteiger partial charge in [-0.15, -0.1) is 11.3 Å². The fraction of sp³-hybridized carbons (Fsp3) is 0.448. The van der Waals surface area contributed by atoms with E-state index < -0.39 is 0 Å². The standard InChI is InChI=1S/C29H33N5O4S/c1-29(11-7-15-38-29)19-37-24-9-6-8-22-26(24)32(2)28(36)34(22)25-18-39-27(31-25)23(35)16-20-17-30-12-10-21(20)33-13-4-3-5-14-33/h6,8-10,12,17-18H,3-5,7,11,13-16,19H2,1-2H3. The highest BCUT2D eigenvalue weighted by atomic mass is 32.1. The number of pyridine rings is 1. The van der Waals surface area contributed by atoms with Crippen molar-refractivity contribution in [3.05, 3.63) is 63.1 Å². The maximum Gasteiger partial charge on any atom is 0.334 e. The molecular formula is C29H33N5O4S. The number of ether oxygens (including phenoxy) is 2. The predicted molar refractivity (Wildman–Crippen MR) is 152 cm³/mol. The van der Waals surface area contributed by atoms with Gasteiger partial charge in [0.05, 0.1) is 11.1 Å². The minimum Gasteiger partial charge on any atom is -0.488 e. The summed E-state index contributed by atoms with van der Waals surface area (Å²) < 4.78 is 15.2. The van der Waals surface area contributed by atoms with Gasteiger partial charge in [0.25, 0.3) is 0 Å². The number of hydrogen-bond acceptors (Lipinski definition) is 8. The summed E-state index contributed by atoms with van der Waals surface area (Å²) >= 11 is 1.26. The highest BCUT2D eigenvalue weighted by Crippen LogP contribution is 2.31. The molecule has 2 aliphatic rings. The number of Topliss-reactive ketones (excluding diaryl/α,β-unsaturated/α-hetero) is 1. The van der Waals surface area contributed by atoms with E-state index in [1.54, 1.807) is 34.0 Å². The Morgan fingerprint density at radius 1 is 1.18 bits per heavy atom. The Kier molecular flexibility index (Phi) is 6.99. The molecule has 0 bridgehead atoms. The van der Waals surface area contributed by atoms with E-state index in [0.29, 0.717) is 34.2 Å². The van der Waals surface area contributed by atoms with Crippen LogP contribution in [0.5, 0.6) is 5.75 Å². The van der Waals surface area contributed by atoms with Crippen LogP contribution in [0, 0.1) is 0 Å². The van der Waals surface area contributed by atoms with E-state index in [9.17, 15) is 9.59 Å². The molecule has 5 heterocycles. The molecule has 1 unspecified atom stereocenters. The number of aryl methyl sites for hydroxylation is 1. The van der Waals surface area contributed by atoms with Crippen molar-refractivity contribution in [1.82, 2.24) is 19.1 Å². The predicted octanol–water partition coefficient (Wildman–Crippen LogP) is 4.54. The summed E-state index contributed by atoms with van der Waals surface area (Å²) in [6.07, 6.45) is 9.30.